The average Bonchev–Trinajstić information content (AvgIpc) is 3.56. The van der Waals surface area contributed by atoms with Crippen LogP contribution in [0.4, 0.5) is 0 Å². The van der Waals surface area contributed by atoms with Gasteiger partial charge in [0, 0.05) is 38.5 Å². The van der Waals surface area contributed by atoms with E-state index in [1.54, 1.807) is 6.92 Å². The third-order valence-corrected chi connectivity index (χ3v) is 6.73. The smallest absolute Gasteiger partial charge is 0.222 e. The molecule has 1 heterocycles. The molecule has 28 heavy (non-hydrogen) atoms. The van der Waals surface area contributed by atoms with Crippen LogP contribution in [-0.4, -0.2) is 41.9 Å². The molecule has 2 atom stereocenters. The first kappa shape index (κ1) is 19.4. The predicted octanol–water partition coefficient (Wildman–Crippen LogP) is 2.87. The van der Waals surface area contributed by atoms with E-state index in [-0.39, 0.29) is 17.4 Å². The standard InChI is InChI=1S/C23H33N3O2/c1-16-5-3-4-6-21(16)23(11-12-23)25-22(28)13-19-9-10-20(14-24-17(2)27)26(19)15-18-7-8-18/h3-6,18-20H,7-15H2,1-2H3,(H,24,27)(H,25,28)/t19-,20+/m0/s1. The highest BCUT2D eigenvalue weighted by atomic mass is 16.2. The van der Waals surface area contributed by atoms with Gasteiger partial charge in [-0.1, -0.05) is 24.3 Å². The molecule has 0 bridgehead atoms. The number of aryl methyl sites for hydroxylation is 1. The largest absolute Gasteiger partial charge is 0.355 e. The SMILES string of the molecule is CC(=O)NC[C@H]1CC[C@@H](CC(=O)NC2(c3ccccc3C)CC2)N1CC1CC1. The molecule has 2 amide bonds. The van der Waals surface area contributed by atoms with Gasteiger partial charge in [-0.3, -0.25) is 14.5 Å². The summed E-state index contributed by atoms with van der Waals surface area (Å²) in [6.45, 7) is 5.48. The van der Waals surface area contributed by atoms with Crippen molar-refractivity contribution >= 4 is 11.8 Å². The Bertz CT molecular complexity index is 739. The maximum absolute atomic E-state index is 13.0. The van der Waals surface area contributed by atoms with Crippen LogP contribution in [0.25, 0.3) is 0 Å². The van der Waals surface area contributed by atoms with Crippen molar-refractivity contribution in [2.45, 2.75) is 76.4 Å². The Kier molecular flexibility index (Phi) is 5.46. The fourth-order valence-electron chi connectivity index (χ4n) is 4.84. The van der Waals surface area contributed by atoms with E-state index in [9.17, 15) is 9.59 Å². The summed E-state index contributed by atoms with van der Waals surface area (Å²) < 4.78 is 0. The highest BCUT2D eigenvalue weighted by Crippen LogP contribution is 2.47. The highest BCUT2D eigenvalue weighted by molar-refractivity contribution is 5.78. The molecule has 1 aromatic rings. The first-order chi connectivity index (χ1) is 13.5. The van der Waals surface area contributed by atoms with Crippen molar-refractivity contribution in [1.82, 2.24) is 15.5 Å². The van der Waals surface area contributed by atoms with Crippen LogP contribution in [0.15, 0.2) is 24.3 Å². The van der Waals surface area contributed by atoms with Crippen LogP contribution >= 0.6 is 0 Å². The summed E-state index contributed by atoms with van der Waals surface area (Å²) >= 11 is 0. The van der Waals surface area contributed by atoms with Crippen molar-refractivity contribution in [1.29, 1.82) is 0 Å². The topological polar surface area (TPSA) is 61.4 Å². The zero-order valence-electron chi connectivity index (χ0n) is 17.2. The van der Waals surface area contributed by atoms with Gasteiger partial charge in [-0.25, -0.2) is 0 Å². The molecule has 0 aromatic heterocycles. The zero-order chi connectivity index (χ0) is 19.7. The molecule has 5 heteroatoms. The number of amides is 2. The zero-order valence-corrected chi connectivity index (χ0v) is 17.2. The van der Waals surface area contributed by atoms with Gasteiger partial charge in [0.2, 0.25) is 11.8 Å². The molecule has 0 unspecified atom stereocenters. The summed E-state index contributed by atoms with van der Waals surface area (Å²) in [5.74, 6) is 0.985. The minimum Gasteiger partial charge on any atom is -0.355 e. The Morgan fingerprint density at radius 3 is 2.46 bits per heavy atom. The number of carbonyl (C=O) groups excluding carboxylic acids is 2. The van der Waals surface area contributed by atoms with E-state index >= 15 is 0 Å². The normalized spacial score (nSPS) is 26.1. The Morgan fingerprint density at radius 1 is 1.11 bits per heavy atom. The van der Waals surface area contributed by atoms with Gasteiger partial charge in [-0.2, -0.15) is 0 Å². The Morgan fingerprint density at radius 2 is 1.82 bits per heavy atom. The van der Waals surface area contributed by atoms with Gasteiger partial charge in [0.25, 0.3) is 0 Å². The summed E-state index contributed by atoms with van der Waals surface area (Å²) in [5, 5.41) is 6.35. The molecule has 5 nitrogen and oxygen atoms in total. The molecule has 0 radical (unpaired) electrons. The molecule has 1 saturated heterocycles. The van der Waals surface area contributed by atoms with Crippen molar-refractivity contribution in [2.75, 3.05) is 13.1 Å². The van der Waals surface area contributed by atoms with E-state index in [0.717, 1.165) is 38.1 Å². The molecule has 2 N–H and O–H groups in total. The van der Waals surface area contributed by atoms with Crippen LogP contribution in [0.5, 0.6) is 0 Å². The van der Waals surface area contributed by atoms with Gasteiger partial charge < -0.3 is 10.6 Å². The molecule has 4 rings (SSSR count). The van der Waals surface area contributed by atoms with Crippen molar-refractivity contribution < 1.29 is 9.59 Å². The molecular formula is C23H33N3O2. The number of rotatable bonds is 8. The van der Waals surface area contributed by atoms with Gasteiger partial charge in [-0.15, -0.1) is 0 Å². The van der Waals surface area contributed by atoms with Crippen molar-refractivity contribution in [3.05, 3.63) is 35.4 Å². The van der Waals surface area contributed by atoms with Gasteiger partial charge in [0.15, 0.2) is 0 Å². The monoisotopic (exact) mass is 383 g/mol. The van der Waals surface area contributed by atoms with Crippen LogP contribution in [0, 0.1) is 12.8 Å². The first-order valence-corrected chi connectivity index (χ1v) is 10.8. The van der Waals surface area contributed by atoms with Gasteiger partial charge in [0.1, 0.15) is 0 Å². The minimum absolute atomic E-state index is 0.0291. The van der Waals surface area contributed by atoms with E-state index in [4.69, 9.17) is 0 Å². The predicted molar refractivity (Wildman–Crippen MR) is 110 cm³/mol. The van der Waals surface area contributed by atoms with Gasteiger partial charge in [-0.05, 0) is 62.5 Å². The van der Waals surface area contributed by atoms with E-state index in [1.165, 1.54) is 24.0 Å². The van der Waals surface area contributed by atoms with Crippen LogP contribution < -0.4 is 10.6 Å². The van der Waals surface area contributed by atoms with Crippen LogP contribution in [0.2, 0.25) is 0 Å². The number of nitrogens with zero attached hydrogens (tertiary/aromatic N) is 1. The number of likely N-dealkylation sites (tertiary alicyclic amines) is 1. The fraction of sp³-hybridized carbons (Fsp3) is 0.652. The number of hydrogen-bond acceptors (Lipinski definition) is 3. The maximum Gasteiger partial charge on any atom is 0.222 e. The van der Waals surface area contributed by atoms with Crippen molar-refractivity contribution in [3.8, 4) is 0 Å². The van der Waals surface area contributed by atoms with Crippen LogP contribution in [0.1, 0.15) is 63.0 Å². The number of nitrogens with one attached hydrogen (secondary N) is 2. The van der Waals surface area contributed by atoms with Crippen molar-refractivity contribution in [3.63, 3.8) is 0 Å². The fourth-order valence-corrected chi connectivity index (χ4v) is 4.84. The van der Waals surface area contributed by atoms with Gasteiger partial charge in [0.05, 0.1) is 5.54 Å². The van der Waals surface area contributed by atoms with Crippen molar-refractivity contribution in [2.24, 2.45) is 5.92 Å². The molecule has 2 saturated carbocycles. The van der Waals surface area contributed by atoms with E-state index < -0.39 is 0 Å². The lowest BCUT2D eigenvalue weighted by atomic mass is 9.98. The summed E-state index contributed by atoms with van der Waals surface area (Å²) in [5.41, 5.74) is 2.39. The minimum atomic E-state index is -0.141. The molecule has 3 fully saturated rings. The quantitative estimate of drug-likeness (QED) is 0.726. The molecule has 2 aliphatic carbocycles. The Labute approximate surface area is 168 Å². The third-order valence-electron chi connectivity index (χ3n) is 6.73. The number of carbonyl (C=O) groups is 2. The molecule has 1 aliphatic heterocycles. The second kappa shape index (κ2) is 7.86. The van der Waals surface area contributed by atoms with E-state index in [1.807, 2.05) is 0 Å². The number of benzene rings is 1. The lowest BCUT2D eigenvalue weighted by molar-refractivity contribution is -0.123. The molecular weight excluding hydrogens is 350 g/mol. The van der Waals surface area contributed by atoms with E-state index in [0.29, 0.717) is 25.0 Å². The maximum atomic E-state index is 13.0. The second-order valence-corrected chi connectivity index (χ2v) is 9.11. The summed E-state index contributed by atoms with van der Waals surface area (Å²) in [4.78, 5) is 26.8. The lowest BCUT2D eigenvalue weighted by Crippen LogP contribution is -2.46. The Hall–Kier alpha value is -1.88. The average molecular weight is 384 g/mol. The van der Waals surface area contributed by atoms with E-state index in [2.05, 4.69) is 46.7 Å². The highest BCUT2D eigenvalue weighted by Gasteiger charge is 2.47. The lowest BCUT2D eigenvalue weighted by Gasteiger charge is -2.31. The van der Waals surface area contributed by atoms with Gasteiger partial charge >= 0.3 is 0 Å². The summed E-state index contributed by atoms with van der Waals surface area (Å²) in [6, 6.07) is 9.07. The first-order valence-electron chi connectivity index (χ1n) is 10.8. The molecule has 0 spiro atoms. The summed E-state index contributed by atoms with van der Waals surface area (Å²) in [6.07, 6.45) is 7.35. The second-order valence-electron chi connectivity index (χ2n) is 9.11. The van der Waals surface area contributed by atoms with Crippen LogP contribution in [0.3, 0.4) is 0 Å². The number of hydrogen-bond donors (Lipinski definition) is 2. The Balaban J connectivity index is 1.37. The molecule has 1 aromatic carbocycles. The summed E-state index contributed by atoms with van der Waals surface area (Å²) in [7, 11) is 0. The third kappa shape index (κ3) is 4.40. The molecule has 3 aliphatic rings. The molecule has 152 valence electrons. The van der Waals surface area contributed by atoms with Crippen LogP contribution in [-0.2, 0) is 15.1 Å².